The number of piperidine rings is 1. The third kappa shape index (κ3) is 2.57. The molecule has 1 aliphatic heterocycles. The average Bonchev–Trinajstić information content (AvgIpc) is 3.11. The van der Waals surface area contributed by atoms with Gasteiger partial charge in [0.2, 0.25) is 0 Å². The normalized spacial score (nSPS) is 18.2. The fraction of sp³-hybridized carbons (Fsp3) is 0.333. The van der Waals surface area contributed by atoms with Crippen molar-refractivity contribution in [1.82, 2.24) is 20.3 Å². The molecule has 5 nitrogen and oxygen atoms in total. The number of nitrogens with zero attached hydrogens (tertiary/aromatic N) is 3. The molecule has 1 N–H and O–H groups in total. The summed E-state index contributed by atoms with van der Waals surface area (Å²) in [7, 11) is 1.70. The van der Waals surface area contributed by atoms with Crippen molar-refractivity contribution >= 4 is 10.8 Å². The van der Waals surface area contributed by atoms with Gasteiger partial charge in [-0.15, -0.1) is 5.10 Å². The molecular formula is C18H20N4O. The maximum Gasteiger partial charge on any atom is 0.126 e. The van der Waals surface area contributed by atoms with E-state index in [1.165, 1.54) is 6.42 Å². The molecule has 3 aromatic rings. The van der Waals surface area contributed by atoms with Gasteiger partial charge in [0.1, 0.15) is 11.4 Å². The maximum absolute atomic E-state index is 5.47. The van der Waals surface area contributed by atoms with Gasteiger partial charge in [0, 0.05) is 17.5 Å². The van der Waals surface area contributed by atoms with Crippen molar-refractivity contribution in [2.24, 2.45) is 0 Å². The van der Waals surface area contributed by atoms with Crippen molar-refractivity contribution in [1.29, 1.82) is 0 Å². The lowest BCUT2D eigenvalue weighted by molar-refractivity contribution is 0.341. The van der Waals surface area contributed by atoms with E-state index < -0.39 is 0 Å². The highest BCUT2D eigenvalue weighted by Crippen LogP contribution is 2.33. The quantitative estimate of drug-likeness (QED) is 0.808. The van der Waals surface area contributed by atoms with Crippen LogP contribution in [0.3, 0.4) is 0 Å². The van der Waals surface area contributed by atoms with E-state index in [4.69, 9.17) is 4.74 Å². The second-order valence-corrected chi connectivity index (χ2v) is 5.94. The van der Waals surface area contributed by atoms with Crippen LogP contribution in [0.2, 0.25) is 0 Å². The van der Waals surface area contributed by atoms with E-state index in [2.05, 4.69) is 40.0 Å². The van der Waals surface area contributed by atoms with Gasteiger partial charge in [-0.05, 0) is 36.9 Å². The van der Waals surface area contributed by atoms with Gasteiger partial charge in [-0.3, -0.25) is 0 Å². The van der Waals surface area contributed by atoms with Crippen LogP contribution in [0.1, 0.15) is 18.9 Å². The Morgan fingerprint density at radius 3 is 2.83 bits per heavy atom. The van der Waals surface area contributed by atoms with E-state index in [0.29, 0.717) is 6.04 Å². The number of nitrogens with one attached hydrogen (secondary N) is 1. The van der Waals surface area contributed by atoms with Gasteiger partial charge < -0.3 is 10.1 Å². The molecular weight excluding hydrogens is 288 g/mol. The molecule has 23 heavy (non-hydrogen) atoms. The first kappa shape index (κ1) is 14.2. The van der Waals surface area contributed by atoms with Crippen LogP contribution in [0, 0.1) is 0 Å². The number of methoxy groups -OCH3 is 1. The zero-order valence-corrected chi connectivity index (χ0v) is 13.2. The fourth-order valence-corrected chi connectivity index (χ4v) is 3.31. The van der Waals surface area contributed by atoms with Gasteiger partial charge >= 0.3 is 0 Å². The Morgan fingerprint density at radius 2 is 2.04 bits per heavy atom. The molecule has 0 bridgehead atoms. The summed E-state index contributed by atoms with van der Waals surface area (Å²) in [5, 5.41) is 14.4. The zero-order valence-electron chi connectivity index (χ0n) is 13.2. The summed E-state index contributed by atoms with van der Waals surface area (Å²) in [6, 6.07) is 12.7. The molecule has 1 saturated heterocycles. The van der Waals surface area contributed by atoms with Crippen molar-refractivity contribution in [3.05, 3.63) is 42.6 Å². The van der Waals surface area contributed by atoms with Gasteiger partial charge in [0.05, 0.1) is 19.3 Å². The topological polar surface area (TPSA) is 52.0 Å². The molecule has 1 aromatic heterocycles. The third-order valence-electron chi connectivity index (χ3n) is 4.54. The molecule has 0 amide bonds. The van der Waals surface area contributed by atoms with E-state index >= 15 is 0 Å². The number of rotatable bonds is 3. The van der Waals surface area contributed by atoms with Crippen molar-refractivity contribution in [2.75, 3.05) is 20.2 Å². The molecule has 1 atom stereocenters. The largest absolute Gasteiger partial charge is 0.496 e. The van der Waals surface area contributed by atoms with Gasteiger partial charge in [-0.25, -0.2) is 4.68 Å². The molecule has 0 aliphatic carbocycles. The monoisotopic (exact) mass is 308 g/mol. The van der Waals surface area contributed by atoms with Crippen molar-refractivity contribution in [3.8, 4) is 17.0 Å². The number of hydrogen-bond acceptors (Lipinski definition) is 4. The van der Waals surface area contributed by atoms with Gasteiger partial charge in [-0.2, -0.15) is 0 Å². The smallest absolute Gasteiger partial charge is 0.126 e. The molecule has 0 radical (unpaired) electrons. The highest BCUT2D eigenvalue weighted by Gasteiger charge is 2.18. The fourth-order valence-electron chi connectivity index (χ4n) is 3.31. The van der Waals surface area contributed by atoms with Crippen LogP contribution in [-0.4, -0.2) is 35.2 Å². The van der Waals surface area contributed by atoms with Crippen LogP contribution in [-0.2, 0) is 0 Å². The number of hydrogen-bond donors (Lipinski definition) is 1. The second-order valence-electron chi connectivity index (χ2n) is 5.94. The number of fused-ring (bicyclic) bond motifs is 1. The van der Waals surface area contributed by atoms with Gasteiger partial charge in [-0.1, -0.05) is 29.5 Å². The van der Waals surface area contributed by atoms with Crippen LogP contribution in [0.15, 0.2) is 42.6 Å². The Morgan fingerprint density at radius 1 is 1.17 bits per heavy atom. The summed E-state index contributed by atoms with van der Waals surface area (Å²) in [4.78, 5) is 0. The van der Waals surface area contributed by atoms with Crippen LogP contribution < -0.4 is 10.1 Å². The highest BCUT2D eigenvalue weighted by atomic mass is 16.5. The van der Waals surface area contributed by atoms with Crippen molar-refractivity contribution < 1.29 is 4.74 Å². The van der Waals surface area contributed by atoms with E-state index in [0.717, 1.165) is 47.3 Å². The molecule has 0 spiro atoms. The summed E-state index contributed by atoms with van der Waals surface area (Å²) in [6.45, 7) is 2.06. The van der Waals surface area contributed by atoms with E-state index in [1.807, 2.05) is 22.9 Å². The number of benzene rings is 2. The number of aromatic nitrogens is 3. The molecule has 5 heteroatoms. The Hall–Kier alpha value is -2.40. The summed E-state index contributed by atoms with van der Waals surface area (Å²) < 4.78 is 7.47. The van der Waals surface area contributed by atoms with Crippen LogP contribution in [0.25, 0.3) is 22.0 Å². The predicted molar refractivity (Wildman–Crippen MR) is 90.7 cm³/mol. The molecule has 1 unspecified atom stereocenters. The zero-order chi connectivity index (χ0) is 15.6. The first-order chi connectivity index (χ1) is 11.4. The van der Waals surface area contributed by atoms with E-state index in [1.54, 1.807) is 7.11 Å². The molecule has 4 rings (SSSR count). The lowest BCUT2D eigenvalue weighted by atomic mass is 10.0. The lowest BCUT2D eigenvalue weighted by Crippen LogP contribution is -2.31. The third-order valence-corrected chi connectivity index (χ3v) is 4.54. The Kier molecular flexibility index (Phi) is 3.71. The second kappa shape index (κ2) is 6.01. The average molecular weight is 308 g/mol. The molecule has 1 fully saturated rings. The summed E-state index contributed by atoms with van der Waals surface area (Å²) in [6.07, 6.45) is 4.40. The maximum atomic E-state index is 5.47. The van der Waals surface area contributed by atoms with E-state index in [-0.39, 0.29) is 0 Å². The molecule has 1 aliphatic rings. The molecule has 0 saturated carbocycles. The first-order valence-corrected chi connectivity index (χ1v) is 8.05. The van der Waals surface area contributed by atoms with Crippen LogP contribution >= 0.6 is 0 Å². The standard InChI is InChI=1S/C18H20N4O/c1-23-18-9-8-15(14-6-2-3-7-16(14)18)17-12-22(21-20-17)13-5-4-10-19-11-13/h2-3,6-9,12-13,19H,4-5,10-11H2,1H3. The first-order valence-electron chi connectivity index (χ1n) is 8.05. The van der Waals surface area contributed by atoms with Crippen LogP contribution in [0.5, 0.6) is 5.75 Å². The van der Waals surface area contributed by atoms with Crippen molar-refractivity contribution in [3.63, 3.8) is 0 Å². The van der Waals surface area contributed by atoms with Gasteiger partial charge in [0.15, 0.2) is 0 Å². The Bertz CT molecular complexity index is 821. The minimum Gasteiger partial charge on any atom is -0.496 e. The molecule has 2 heterocycles. The highest BCUT2D eigenvalue weighted by molar-refractivity contribution is 5.99. The summed E-state index contributed by atoms with van der Waals surface area (Å²) in [5.41, 5.74) is 2.01. The minimum atomic E-state index is 0.398. The van der Waals surface area contributed by atoms with Crippen molar-refractivity contribution in [2.45, 2.75) is 18.9 Å². The number of ether oxygens (including phenoxy) is 1. The van der Waals surface area contributed by atoms with Crippen LogP contribution in [0.4, 0.5) is 0 Å². The summed E-state index contributed by atoms with van der Waals surface area (Å²) in [5.74, 6) is 0.883. The SMILES string of the molecule is COc1ccc(-c2cn(C3CCCNC3)nn2)c2ccccc12. The van der Waals surface area contributed by atoms with E-state index in [9.17, 15) is 0 Å². The summed E-state index contributed by atoms with van der Waals surface area (Å²) >= 11 is 0. The van der Waals surface area contributed by atoms with Gasteiger partial charge in [0.25, 0.3) is 0 Å². The molecule has 118 valence electrons. The Balaban J connectivity index is 1.76. The lowest BCUT2D eigenvalue weighted by Gasteiger charge is -2.22. The minimum absolute atomic E-state index is 0.398. The Labute approximate surface area is 135 Å². The predicted octanol–water partition coefficient (Wildman–Crippen LogP) is 3.03. The molecule has 2 aromatic carbocycles.